The molecule has 3 N–H and O–H groups in total. The third-order valence-electron chi connectivity index (χ3n) is 1.85. The predicted octanol–water partition coefficient (Wildman–Crippen LogP) is 1.86. The van der Waals surface area contributed by atoms with Crippen LogP contribution < -0.4 is 5.73 Å². The van der Waals surface area contributed by atoms with Crippen molar-refractivity contribution >= 4 is 27.4 Å². The number of benzene rings is 1. The lowest BCUT2D eigenvalue weighted by atomic mass is 10.0. The van der Waals surface area contributed by atoms with Crippen LogP contribution in [-0.4, -0.2) is 16.2 Å². The van der Waals surface area contributed by atoms with Crippen LogP contribution in [0, 0.1) is 6.92 Å². The second kappa shape index (κ2) is 3.79. The van der Waals surface area contributed by atoms with E-state index in [0.717, 1.165) is 0 Å². The van der Waals surface area contributed by atoms with Crippen molar-refractivity contribution in [1.82, 2.24) is 0 Å². The zero-order valence-electron chi connectivity index (χ0n) is 7.17. The van der Waals surface area contributed by atoms with E-state index in [1.807, 2.05) is 0 Å². The molecule has 0 fully saturated rings. The lowest BCUT2D eigenvalue weighted by molar-refractivity contribution is 0.102. The summed E-state index contributed by atoms with van der Waals surface area (Å²) in [4.78, 5) is 11.3. The normalized spacial score (nSPS) is 10.0. The Hall–Kier alpha value is -1.03. The Bertz CT molecular complexity index is 350. The van der Waals surface area contributed by atoms with Gasteiger partial charge in [0.1, 0.15) is 5.75 Å². The first-order valence-electron chi connectivity index (χ1n) is 3.74. The highest BCUT2D eigenvalue weighted by Gasteiger charge is 2.10. The monoisotopic (exact) mass is 243 g/mol. The minimum absolute atomic E-state index is 0.0207. The van der Waals surface area contributed by atoms with Crippen molar-refractivity contribution in [3.05, 3.63) is 23.3 Å². The molecule has 1 rings (SSSR count). The lowest BCUT2D eigenvalue weighted by Crippen LogP contribution is -2.04. The fourth-order valence-corrected chi connectivity index (χ4v) is 1.38. The van der Waals surface area contributed by atoms with Gasteiger partial charge >= 0.3 is 0 Å². The van der Waals surface area contributed by atoms with Gasteiger partial charge in [0.05, 0.1) is 5.33 Å². The molecule has 0 atom stereocenters. The molecular weight excluding hydrogens is 234 g/mol. The van der Waals surface area contributed by atoms with E-state index in [4.69, 9.17) is 5.73 Å². The summed E-state index contributed by atoms with van der Waals surface area (Å²) in [6, 6.07) is 2.86. The third kappa shape index (κ3) is 2.01. The molecule has 1 aromatic rings. The highest BCUT2D eigenvalue weighted by molar-refractivity contribution is 9.09. The van der Waals surface area contributed by atoms with Gasteiger partial charge in [0.2, 0.25) is 0 Å². The number of hydrogen-bond donors (Lipinski definition) is 2. The Morgan fingerprint density at radius 1 is 1.62 bits per heavy atom. The van der Waals surface area contributed by atoms with Crippen molar-refractivity contribution in [3.8, 4) is 5.75 Å². The summed E-state index contributed by atoms with van der Waals surface area (Å²) >= 11 is 3.06. The summed E-state index contributed by atoms with van der Waals surface area (Å²) in [5.41, 5.74) is 7.20. The highest BCUT2D eigenvalue weighted by atomic mass is 79.9. The first kappa shape index (κ1) is 10.1. The molecule has 0 aliphatic rings. The quantitative estimate of drug-likeness (QED) is 0.474. The zero-order valence-corrected chi connectivity index (χ0v) is 8.76. The smallest absolute Gasteiger partial charge is 0.173 e. The van der Waals surface area contributed by atoms with E-state index in [-0.39, 0.29) is 16.9 Å². The Labute approximate surface area is 84.7 Å². The molecule has 0 bridgehead atoms. The molecule has 0 aromatic heterocycles. The van der Waals surface area contributed by atoms with Crippen molar-refractivity contribution in [1.29, 1.82) is 0 Å². The summed E-state index contributed by atoms with van der Waals surface area (Å²) in [6.45, 7) is 1.75. The van der Waals surface area contributed by atoms with Gasteiger partial charge in [0, 0.05) is 17.3 Å². The molecule has 0 aliphatic heterocycles. The number of alkyl halides is 1. The van der Waals surface area contributed by atoms with Crippen molar-refractivity contribution in [2.75, 3.05) is 11.1 Å². The van der Waals surface area contributed by atoms with Crippen molar-refractivity contribution in [2.24, 2.45) is 0 Å². The molecular formula is C9H10BrNO2. The van der Waals surface area contributed by atoms with Crippen LogP contribution in [0.1, 0.15) is 15.9 Å². The van der Waals surface area contributed by atoms with Crippen LogP contribution >= 0.6 is 15.9 Å². The van der Waals surface area contributed by atoms with E-state index in [2.05, 4.69) is 15.9 Å². The second-order valence-corrected chi connectivity index (χ2v) is 3.33. The minimum atomic E-state index is -0.0832. The van der Waals surface area contributed by atoms with Crippen LogP contribution in [-0.2, 0) is 0 Å². The second-order valence-electron chi connectivity index (χ2n) is 2.76. The van der Waals surface area contributed by atoms with E-state index < -0.39 is 0 Å². The average molecular weight is 244 g/mol. The van der Waals surface area contributed by atoms with Crippen molar-refractivity contribution in [2.45, 2.75) is 6.92 Å². The molecule has 0 saturated heterocycles. The number of phenolic OH excluding ortho intramolecular Hbond substituents is 1. The molecule has 0 spiro atoms. The zero-order chi connectivity index (χ0) is 10.0. The van der Waals surface area contributed by atoms with Crippen LogP contribution in [0.2, 0.25) is 0 Å². The molecule has 3 nitrogen and oxygen atoms in total. The summed E-state index contributed by atoms with van der Waals surface area (Å²) in [5, 5.41) is 9.45. The van der Waals surface area contributed by atoms with Crippen LogP contribution in [0.25, 0.3) is 0 Å². The van der Waals surface area contributed by atoms with Gasteiger partial charge < -0.3 is 10.8 Å². The van der Waals surface area contributed by atoms with E-state index in [0.29, 0.717) is 16.8 Å². The van der Waals surface area contributed by atoms with Crippen molar-refractivity contribution < 1.29 is 9.90 Å². The summed E-state index contributed by atoms with van der Waals surface area (Å²) in [7, 11) is 0. The molecule has 1 aromatic carbocycles. The third-order valence-corrected chi connectivity index (χ3v) is 2.36. The fraction of sp³-hybridized carbons (Fsp3) is 0.222. The molecule has 0 amide bonds. The Morgan fingerprint density at radius 3 is 2.77 bits per heavy atom. The number of ketones is 1. The van der Waals surface area contributed by atoms with Gasteiger partial charge in [0.15, 0.2) is 5.78 Å². The van der Waals surface area contributed by atoms with Crippen LogP contribution in [0.4, 0.5) is 5.69 Å². The highest BCUT2D eigenvalue weighted by Crippen LogP contribution is 2.23. The molecule has 4 heteroatoms. The fourth-order valence-electron chi connectivity index (χ4n) is 1.08. The van der Waals surface area contributed by atoms with Gasteiger partial charge in [-0.1, -0.05) is 15.9 Å². The Morgan fingerprint density at radius 2 is 2.23 bits per heavy atom. The number of Topliss-reactive ketones (excluding diaryl/α,β-unsaturated/α-hetero) is 1. The topological polar surface area (TPSA) is 63.3 Å². The number of carbonyl (C=O) groups excluding carboxylic acids is 1. The minimum Gasteiger partial charge on any atom is -0.508 e. The van der Waals surface area contributed by atoms with Crippen LogP contribution in [0.5, 0.6) is 5.75 Å². The van der Waals surface area contributed by atoms with Gasteiger partial charge in [-0.2, -0.15) is 0 Å². The number of phenols is 1. The number of aromatic hydroxyl groups is 1. The molecule has 0 radical (unpaired) electrons. The van der Waals surface area contributed by atoms with Gasteiger partial charge in [-0.3, -0.25) is 4.79 Å². The average Bonchev–Trinajstić information content (AvgIpc) is 2.10. The first-order valence-corrected chi connectivity index (χ1v) is 4.86. The van der Waals surface area contributed by atoms with E-state index in [1.54, 1.807) is 6.92 Å². The van der Waals surface area contributed by atoms with Crippen LogP contribution in [0.3, 0.4) is 0 Å². The molecule has 0 saturated carbocycles. The molecule has 0 unspecified atom stereocenters. The molecule has 0 heterocycles. The number of anilines is 1. The maximum absolute atomic E-state index is 11.3. The Balaban J connectivity index is 3.28. The molecule has 0 aliphatic carbocycles. The van der Waals surface area contributed by atoms with Crippen LogP contribution in [0.15, 0.2) is 12.1 Å². The lowest BCUT2D eigenvalue weighted by Gasteiger charge is -2.06. The number of halogens is 1. The SMILES string of the molecule is Cc1c(N)cc(O)cc1C(=O)CBr. The predicted molar refractivity (Wildman–Crippen MR) is 55.4 cm³/mol. The number of nitrogen functional groups attached to an aromatic ring is 1. The molecule has 13 heavy (non-hydrogen) atoms. The number of rotatable bonds is 2. The summed E-state index contributed by atoms with van der Waals surface area (Å²) in [5.74, 6) is -0.0625. The number of nitrogens with two attached hydrogens (primary N) is 1. The van der Waals surface area contributed by atoms with E-state index in [1.165, 1.54) is 12.1 Å². The number of carbonyl (C=O) groups is 1. The summed E-state index contributed by atoms with van der Waals surface area (Å²) in [6.07, 6.45) is 0. The largest absolute Gasteiger partial charge is 0.508 e. The van der Waals surface area contributed by atoms with E-state index in [9.17, 15) is 9.90 Å². The standard InChI is InChI=1S/C9H10BrNO2/c1-5-7(9(13)4-10)2-6(12)3-8(5)11/h2-3,12H,4,11H2,1H3. The van der Waals surface area contributed by atoms with Gasteiger partial charge in [0.25, 0.3) is 0 Å². The van der Waals surface area contributed by atoms with E-state index >= 15 is 0 Å². The Kier molecular flexibility index (Phi) is 2.93. The molecule has 70 valence electrons. The van der Waals surface area contributed by atoms with Gasteiger partial charge in [-0.25, -0.2) is 0 Å². The maximum Gasteiger partial charge on any atom is 0.173 e. The summed E-state index contributed by atoms with van der Waals surface area (Å²) < 4.78 is 0. The number of hydrogen-bond acceptors (Lipinski definition) is 3. The van der Waals surface area contributed by atoms with Gasteiger partial charge in [-0.15, -0.1) is 0 Å². The maximum atomic E-state index is 11.3. The van der Waals surface area contributed by atoms with Crippen molar-refractivity contribution in [3.63, 3.8) is 0 Å². The first-order chi connectivity index (χ1) is 6.06. The van der Waals surface area contributed by atoms with Gasteiger partial charge in [-0.05, 0) is 18.6 Å².